The Hall–Kier alpha value is -1.55. The predicted molar refractivity (Wildman–Crippen MR) is 67.8 cm³/mol. The van der Waals surface area contributed by atoms with Crippen LogP contribution in [-0.4, -0.2) is 12.2 Å². The molecule has 4 heteroatoms. The maximum absolute atomic E-state index is 13.8. The van der Waals surface area contributed by atoms with Crippen molar-refractivity contribution in [2.24, 2.45) is 0 Å². The zero-order valence-electron chi connectivity index (χ0n) is 9.08. The quantitative estimate of drug-likeness (QED) is 0.909. The number of rotatable bonds is 2. The topological polar surface area (TPSA) is 29.5 Å². The second kappa shape index (κ2) is 4.75. The lowest BCUT2D eigenvalue weighted by atomic mass is 10.0. The van der Waals surface area contributed by atoms with E-state index in [1.54, 1.807) is 24.3 Å². The molecule has 0 aliphatic carbocycles. The van der Waals surface area contributed by atoms with Crippen molar-refractivity contribution in [1.29, 1.82) is 0 Å². The fraction of sp³-hybridized carbons (Fsp3) is 0.0769. The highest BCUT2D eigenvalue weighted by atomic mass is 79.9. The Balaban J connectivity index is 2.53. The first-order valence-electron chi connectivity index (χ1n) is 4.94. The van der Waals surface area contributed by atoms with E-state index >= 15 is 0 Å². The second-order valence-electron chi connectivity index (χ2n) is 3.51. The van der Waals surface area contributed by atoms with Gasteiger partial charge in [0.15, 0.2) is 0 Å². The number of hydrogen-bond acceptors (Lipinski definition) is 2. The average Bonchev–Trinajstić information content (AvgIpc) is 2.30. The normalized spacial score (nSPS) is 10.3. The summed E-state index contributed by atoms with van der Waals surface area (Å²) in [5, 5.41) is 9.77. The molecule has 2 aromatic rings. The molecule has 17 heavy (non-hydrogen) atoms. The van der Waals surface area contributed by atoms with E-state index in [4.69, 9.17) is 4.74 Å². The summed E-state index contributed by atoms with van der Waals surface area (Å²) in [6.45, 7) is 0. The highest BCUT2D eigenvalue weighted by Gasteiger charge is 2.10. The monoisotopic (exact) mass is 296 g/mol. The molecule has 0 atom stereocenters. The Morgan fingerprint density at radius 1 is 1.12 bits per heavy atom. The van der Waals surface area contributed by atoms with Crippen LogP contribution in [0.2, 0.25) is 0 Å². The van der Waals surface area contributed by atoms with E-state index in [0.29, 0.717) is 16.9 Å². The number of methoxy groups -OCH3 is 1. The molecule has 0 aliphatic heterocycles. The van der Waals surface area contributed by atoms with Gasteiger partial charge in [-0.05, 0) is 30.3 Å². The molecule has 88 valence electrons. The van der Waals surface area contributed by atoms with Crippen LogP contribution in [0.25, 0.3) is 11.1 Å². The van der Waals surface area contributed by atoms with E-state index in [1.165, 1.54) is 19.2 Å². The summed E-state index contributed by atoms with van der Waals surface area (Å²) in [5.74, 6) is 0.0493. The molecule has 2 rings (SSSR count). The number of phenolic OH excluding ortho intramolecular Hbond substituents is 1. The third kappa shape index (κ3) is 2.42. The standard InChI is InChI=1S/C13H10BrFO2/c1-17-9-3-5-10(12(15)7-9)11-4-2-8(14)6-13(11)16/h2-7,16H,1H3. The Bertz CT molecular complexity index is 555. The van der Waals surface area contributed by atoms with Gasteiger partial charge in [-0.2, -0.15) is 0 Å². The first-order chi connectivity index (χ1) is 8.11. The summed E-state index contributed by atoms with van der Waals surface area (Å²) in [6.07, 6.45) is 0. The van der Waals surface area contributed by atoms with Gasteiger partial charge in [-0.15, -0.1) is 0 Å². The molecular weight excluding hydrogens is 287 g/mol. The van der Waals surface area contributed by atoms with Gasteiger partial charge in [-0.25, -0.2) is 4.39 Å². The maximum Gasteiger partial charge on any atom is 0.134 e. The van der Waals surface area contributed by atoms with Crippen molar-refractivity contribution in [3.63, 3.8) is 0 Å². The van der Waals surface area contributed by atoms with Crippen molar-refractivity contribution in [2.75, 3.05) is 7.11 Å². The maximum atomic E-state index is 13.8. The van der Waals surface area contributed by atoms with Crippen molar-refractivity contribution in [2.45, 2.75) is 0 Å². The molecule has 2 aromatic carbocycles. The highest BCUT2D eigenvalue weighted by Crippen LogP contribution is 2.34. The molecule has 2 nitrogen and oxygen atoms in total. The number of hydrogen-bond donors (Lipinski definition) is 1. The summed E-state index contributed by atoms with van der Waals surface area (Å²) >= 11 is 3.24. The molecule has 0 fully saturated rings. The van der Waals surface area contributed by atoms with Gasteiger partial charge < -0.3 is 9.84 Å². The van der Waals surface area contributed by atoms with Crippen LogP contribution in [0, 0.1) is 5.82 Å². The fourth-order valence-electron chi connectivity index (χ4n) is 1.57. The summed E-state index contributed by atoms with van der Waals surface area (Å²) in [7, 11) is 1.48. The largest absolute Gasteiger partial charge is 0.507 e. The van der Waals surface area contributed by atoms with Crippen LogP contribution in [0.4, 0.5) is 4.39 Å². The van der Waals surface area contributed by atoms with E-state index in [9.17, 15) is 9.50 Å². The first kappa shape index (κ1) is 11.9. The molecule has 1 N–H and O–H groups in total. The smallest absolute Gasteiger partial charge is 0.134 e. The number of benzene rings is 2. The van der Waals surface area contributed by atoms with Gasteiger partial charge in [0.25, 0.3) is 0 Å². The number of phenols is 1. The van der Waals surface area contributed by atoms with Gasteiger partial charge in [0.1, 0.15) is 17.3 Å². The minimum atomic E-state index is -0.429. The van der Waals surface area contributed by atoms with Gasteiger partial charge in [-0.3, -0.25) is 0 Å². The molecule has 0 spiro atoms. The third-order valence-corrected chi connectivity index (χ3v) is 2.92. The van der Waals surface area contributed by atoms with Gasteiger partial charge >= 0.3 is 0 Å². The molecule has 0 radical (unpaired) electrons. The fourth-order valence-corrected chi connectivity index (χ4v) is 1.92. The summed E-state index contributed by atoms with van der Waals surface area (Å²) < 4.78 is 19.5. The Morgan fingerprint density at radius 2 is 1.82 bits per heavy atom. The van der Waals surface area contributed by atoms with Crippen LogP contribution in [0.15, 0.2) is 40.9 Å². The lowest BCUT2D eigenvalue weighted by molar-refractivity contribution is 0.411. The number of ether oxygens (including phenoxy) is 1. The van der Waals surface area contributed by atoms with Crippen LogP contribution in [0.3, 0.4) is 0 Å². The first-order valence-corrected chi connectivity index (χ1v) is 5.73. The highest BCUT2D eigenvalue weighted by molar-refractivity contribution is 9.10. The molecule has 0 amide bonds. The minimum absolute atomic E-state index is 0.0310. The molecule has 0 saturated heterocycles. The van der Waals surface area contributed by atoms with Crippen molar-refractivity contribution >= 4 is 15.9 Å². The average molecular weight is 297 g/mol. The van der Waals surface area contributed by atoms with Crippen LogP contribution in [0.5, 0.6) is 11.5 Å². The van der Waals surface area contributed by atoms with Gasteiger partial charge in [0, 0.05) is 21.7 Å². The third-order valence-electron chi connectivity index (χ3n) is 2.43. The van der Waals surface area contributed by atoms with Crippen LogP contribution < -0.4 is 4.74 Å². The van der Waals surface area contributed by atoms with Crippen LogP contribution in [0.1, 0.15) is 0 Å². The summed E-state index contributed by atoms with van der Waals surface area (Å²) in [4.78, 5) is 0. The minimum Gasteiger partial charge on any atom is -0.507 e. The van der Waals surface area contributed by atoms with Crippen LogP contribution in [-0.2, 0) is 0 Å². The zero-order chi connectivity index (χ0) is 12.4. The van der Waals surface area contributed by atoms with Crippen LogP contribution >= 0.6 is 15.9 Å². The van der Waals surface area contributed by atoms with E-state index in [2.05, 4.69) is 15.9 Å². The lowest BCUT2D eigenvalue weighted by Gasteiger charge is -2.08. The zero-order valence-corrected chi connectivity index (χ0v) is 10.7. The summed E-state index contributed by atoms with van der Waals surface area (Å²) in [6, 6.07) is 9.45. The molecule has 0 unspecified atom stereocenters. The molecular formula is C13H10BrFO2. The molecule has 0 saturated carbocycles. The SMILES string of the molecule is COc1ccc(-c2ccc(Br)cc2O)c(F)c1. The molecule has 0 aliphatic rings. The molecule has 0 bridgehead atoms. The molecule has 0 aromatic heterocycles. The number of halogens is 2. The predicted octanol–water partition coefficient (Wildman–Crippen LogP) is 3.97. The van der Waals surface area contributed by atoms with Crippen molar-refractivity contribution in [3.05, 3.63) is 46.7 Å². The van der Waals surface area contributed by atoms with Gasteiger partial charge in [0.2, 0.25) is 0 Å². The van der Waals surface area contributed by atoms with E-state index in [1.807, 2.05) is 0 Å². The van der Waals surface area contributed by atoms with Crippen molar-refractivity contribution in [3.8, 4) is 22.6 Å². The van der Waals surface area contributed by atoms with Gasteiger partial charge in [-0.1, -0.05) is 15.9 Å². The second-order valence-corrected chi connectivity index (χ2v) is 4.42. The lowest BCUT2D eigenvalue weighted by Crippen LogP contribution is -1.88. The Morgan fingerprint density at radius 3 is 2.41 bits per heavy atom. The van der Waals surface area contributed by atoms with Crippen molar-refractivity contribution < 1.29 is 14.2 Å². The Kier molecular flexibility index (Phi) is 3.33. The van der Waals surface area contributed by atoms with E-state index < -0.39 is 5.82 Å². The van der Waals surface area contributed by atoms with E-state index in [-0.39, 0.29) is 5.75 Å². The van der Waals surface area contributed by atoms with Crippen molar-refractivity contribution in [1.82, 2.24) is 0 Å². The van der Waals surface area contributed by atoms with Gasteiger partial charge in [0.05, 0.1) is 7.11 Å². The Labute approximate surface area is 107 Å². The molecule has 0 heterocycles. The summed E-state index contributed by atoms with van der Waals surface area (Å²) in [5.41, 5.74) is 0.796. The van der Waals surface area contributed by atoms with E-state index in [0.717, 1.165) is 4.47 Å². The number of aromatic hydroxyl groups is 1.